The van der Waals surface area contributed by atoms with Gasteiger partial charge in [-0.1, -0.05) is 30.3 Å². The molecular formula is C24H25NO2. The fourth-order valence-electron chi connectivity index (χ4n) is 3.95. The van der Waals surface area contributed by atoms with Crippen LogP contribution in [0.2, 0.25) is 0 Å². The van der Waals surface area contributed by atoms with Crippen molar-refractivity contribution in [2.45, 2.75) is 39.0 Å². The number of benzene rings is 3. The number of aryl methyl sites for hydroxylation is 3. The van der Waals surface area contributed by atoms with Crippen LogP contribution in [0.15, 0.2) is 54.6 Å². The van der Waals surface area contributed by atoms with Crippen LogP contribution in [-0.4, -0.2) is 5.11 Å². The highest BCUT2D eigenvalue weighted by Gasteiger charge is 2.21. The zero-order chi connectivity index (χ0) is 18.8. The van der Waals surface area contributed by atoms with Gasteiger partial charge < -0.3 is 15.6 Å². The maximum atomic E-state index is 10.3. The van der Waals surface area contributed by atoms with E-state index in [1.165, 1.54) is 16.7 Å². The first kappa shape index (κ1) is 17.5. The third-order valence-corrected chi connectivity index (χ3v) is 5.37. The average molecular weight is 359 g/mol. The molecule has 0 radical (unpaired) electrons. The molecule has 0 aromatic heterocycles. The Bertz CT molecular complexity index is 964. The maximum Gasteiger partial charge on any atom is 0.133 e. The first-order chi connectivity index (χ1) is 13.1. The minimum Gasteiger partial charge on any atom is -0.508 e. The van der Waals surface area contributed by atoms with Gasteiger partial charge in [0.1, 0.15) is 17.2 Å². The summed E-state index contributed by atoms with van der Waals surface area (Å²) >= 11 is 0. The van der Waals surface area contributed by atoms with Gasteiger partial charge in [-0.3, -0.25) is 0 Å². The second kappa shape index (κ2) is 7.36. The molecule has 4 rings (SSSR count). The minimum absolute atomic E-state index is 0.317. The highest BCUT2D eigenvalue weighted by Crippen LogP contribution is 2.40. The van der Waals surface area contributed by atoms with Crippen LogP contribution >= 0.6 is 0 Å². The van der Waals surface area contributed by atoms with E-state index in [4.69, 9.17) is 10.5 Å². The van der Waals surface area contributed by atoms with Gasteiger partial charge in [-0.25, -0.2) is 0 Å². The van der Waals surface area contributed by atoms with Crippen LogP contribution in [0.4, 0.5) is 5.69 Å². The standard InChI is InChI=1S/C24H25NO2/c1-16-14-22(25)20-8-5-9-21(20)24(16)27-19-12-13-23(26)18(15-19)11-10-17-6-3-2-4-7-17/h2-4,6-7,12-15,26H,5,8-11,25H2,1H3. The average Bonchev–Trinajstić information content (AvgIpc) is 3.16. The summed E-state index contributed by atoms with van der Waals surface area (Å²) in [5.74, 6) is 2.01. The van der Waals surface area contributed by atoms with Crippen LogP contribution in [0, 0.1) is 6.92 Å². The zero-order valence-electron chi connectivity index (χ0n) is 15.7. The number of aromatic hydroxyl groups is 1. The smallest absolute Gasteiger partial charge is 0.133 e. The molecule has 3 nitrogen and oxygen atoms in total. The summed E-state index contributed by atoms with van der Waals surface area (Å²) in [6, 6.07) is 17.8. The number of nitrogens with two attached hydrogens (primary N) is 1. The number of rotatable bonds is 5. The van der Waals surface area contributed by atoms with Crippen LogP contribution in [0.1, 0.15) is 34.2 Å². The Morgan fingerprint density at radius 3 is 2.56 bits per heavy atom. The van der Waals surface area contributed by atoms with Crippen LogP contribution in [-0.2, 0) is 25.7 Å². The van der Waals surface area contributed by atoms with Crippen molar-refractivity contribution in [3.05, 3.63) is 82.4 Å². The highest BCUT2D eigenvalue weighted by atomic mass is 16.5. The van der Waals surface area contributed by atoms with E-state index in [2.05, 4.69) is 12.1 Å². The van der Waals surface area contributed by atoms with E-state index in [0.717, 1.165) is 60.4 Å². The van der Waals surface area contributed by atoms with Gasteiger partial charge in [0.2, 0.25) is 0 Å². The first-order valence-corrected chi connectivity index (χ1v) is 9.56. The summed E-state index contributed by atoms with van der Waals surface area (Å²) in [4.78, 5) is 0. The summed E-state index contributed by atoms with van der Waals surface area (Å²) in [5.41, 5.74) is 12.8. The van der Waals surface area contributed by atoms with Crippen molar-refractivity contribution in [3.63, 3.8) is 0 Å². The molecule has 27 heavy (non-hydrogen) atoms. The number of ether oxygens (including phenoxy) is 1. The molecule has 0 unspecified atom stereocenters. The molecule has 3 aromatic rings. The second-order valence-corrected chi connectivity index (χ2v) is 7.30. The molecule has 3 heteroatoms. The Labute approximate surface area is 160 Å². The predicted octanol–water partition coefficient (Wildman–Crippen LogP) is 5.35. The minimum atomic E-state index is 0.317. The van der Waals surface area contributed by atoms with E-state index >= 15 is 0 Å². The molecule has 0 heterocycles. The predicted molar refractivity (Wildman–Crippen MR) is 110 cm³/mol. The molecule has 0 aliphatic heterocycles. The largest absolute Gasteiger partial charge is 0.508 e. The Morgan fingerprint density at radius 2 is 1.74 bits per heavy atom. The van der Waals surface area contributed by atoms with Gasteiger partial charge in [-0.15, -0.1) is 0 Å². The molecule has 0 saturated carbocycles. The monoisotopic (exact) mass is 359 g/mol. The van der Waals surface area contributed by atoms with Crippen LogP contribution in [0.25, 0.3) is 0 Å². The van der Waals surface area contributed by atoms with Gasteiger partial charge in [0.15, 0.2) is 0 Å². The molecule has 0 amide bonds. The lowest BCUT2D eigenvalue weighted by molar-refractivity contribution is 0.454. The van der Waals surface area contributed by atoms with Crippen molar-refractivity contribution >= 4 is 5.69 Å². The van der Waals surface area contributed by atoms with Gasteiger partial charge >= 0.3 is 0 Å². The quantitative estimate of drug-likeness (QED) is 0.604. The van der Waals surface area contributed by atoms with E-state index < -0.39 is 0 Å². The molecular weight excluding hydrogens is 334 g/mol. The lowest BCUT2D eigenvalue weighted by Crippen LogP contribution is -2.00. The molecule has 0 saturated heterocycles. The maximum absolute atomic E-state index is 10.3. The number of nitrogen functional groups attached to an aromatic ring is 1. The fourth-order valence-corrected chi connectivity index (χ4v) is 3.95. The van der Waals surface area contributed by atoms with Crippen LogP contribution < -0.4 is 10.5 Å². The molecule has 0 bridgehead atoms. The van der Waals surface area contributed by atoms with Crippen molar-refractivity contribution in [2.24, 2.45) is 0 Å². The number of hydrogen-bond donors (Lipinski definition) is 2. The molecule has 1 aliphatic carbocycles. The van der Waals surface area contributed by atoms with E-state index in [9.17, 15) is 5.11 Å². The molecule has 0 atom stereocenters. The summed E-state index contributed by atoms with van der Waals surface area (Å²) < 4.78 is 6.29. The van der Waals surface area contributed by atoms with Gasteiger partial charge in [0.25, 0.3) is 0 Å². The van der Waals surface area contributed by atoms with E-state index in [-0.39, 0.29) is 0 Å². The lowest BCUT2D eigenvalue weighted by atomic mass is 10.0. The summed E-state index contributed by atoms with van der Waals surface area (Å²) in [6.45, 7) is 2.04. The Kier molecular flexibility index (Phi) is 4.76. The number of phenolic OH excluding ortho intramolecular Hbond substituents is 1. The number of fused-ring (bicyclic) bond motifs is 1. The van der Waals surface area contributed by atoms with Crippen molar-refractivity contribution < 1.29 is 9.84 Å². The van der Waals surface area contributed by atoms with Gasteiger partial charge in [0.05, 0.1) is 0 Å². The summed E-state index contributed by atoms with van der Waals surface area (Å²) in [7, 11) is 0. The molecule has 3 aromatic carbocycles. The molecule has 0 spiro atoms. The van der Waals surface area contributed by atoms with Gasteiger partial charge in [0, 0.05) is 11.3 Å². The van der Waals surface area contributed by atoms with E-state index in [0.29, 0.717) is 5.75 Å². The van der Waals surface area contributed by atoms with Crippen LogP contribution in [0.5, 0.6) is 17.2 Å². The van der Waals surface area contributed by atoms with Crippen molar-refractivity contribution in [2.75, 3.05) is 5.73 Å². The number of hydrogen-bond acceptors (Lipinski definition) is 3. The SMILES string of the molecule is Cc1cc(N)c2c(c1Oc1ccc(O)c(CCc3ccccc3)c1)CCC2. The van der Waals surface area contributed by atoms with Gasteiger partial charge in [-0.05, 0) is 85.5 Å². The third-order valence-electron chi connectivity index (χ3n) is 5.37. The zero-order valence-corrected chi connectivity index (χ0v) is 15.7. The Hall–Kier alpha value is -2.94. The normalized spacial score (nSPS) is 12.8. The van der Waals surface area contributed by atoms with E-state index in [1.807, 2.05) is 43.3 Å². The number of anilines is 1. The Balaban J connectivity index is 1.58. The second-order valence-electron chi connectivity index (χ2n) is 7.30. The molecule has 138 valence electrons. The molecule has 1 aliphatic rings. The number of phenols is 1. The van der Waals surface area contributed by atoms with Crippen molar-refractivity contribution in [1.29, 1.82) is 0 Å². The summed E-state index contributed by atoms with van der Waals surface area (Å²) in [6.07, 6.45) is 4.81. The van der Waals surface area contributed by atoms with Gasteiger partial charge in [-0.2, -0.15) is 0 Å². The summed E-state index contributed by atoms with van der Waals surface area (Å²) in [5, 5.41) is 10.3. The fraction of sp³-hybridized carbons (Fsp3) is 0.250. The van der Waals surface area contributed by atoms with Crippen LogP contribution in [0.3, 0.4) is 0 Å². The topological polar surface area (TPSA) is 55.5 Å². The lowest BCUT2D eigenvalue weighted by Gasteiger charge is -2.16. The third kappa shape index (κ3) is 3.63. The van der Waals surface area contributed by atoms with Crippen molar-refractivity contribution in [1.82, 2.24) is 0 Å². The first-order valence-electron chi connectivity index (χ1n) is 9.56. The van der Waals surface area contributed by atoms with Crippen molar-refractivity contribution in [3.8, 4) is 17.2 Å². The molecule has 3 N–H and O–H groups in total. The highest BCUT2D eigenvalue weighted by molar-refractivity contribution is 5.62. The molecule has 0 fully saturated rings. The van der Waals surface area contributed by atoms with E-state index in [1.54, 1.807) is 6.07 Å². The Morgan fingerprint density at radius 1 is 0.963 bits per heavy atom.